The molecule has 7 nitrogen and oxygen atoms in total. The molecule has 1 atom stereocenters. The molecular formula is C27H30FN5O2. The van der Waals surface area contributed by atoms with E-state index in [9.17, 15) is 14.0 Å². The zero-order valence-electron chi connectivity index (χ0n) is 20.0. The van der Waals surface area contributed by atoms with Crippen molar-refractivity contribution in [3.05, 3.63) is 89.5 Å². The van der Waals surface area contributed by atoms with E-state index in [-0.39, 0.29) is 18.4 Å². The van der Waals surface area contributed by atoms with Crippen LogP contribution in [-0.2, 0) is 9.59 Å². The van der Waals surface area contributed by atoms with E-state index in [1.165, 1.54) is 6.07 Å². The number of para-hydroxylation sites is 1. The molecule has 182 valence electrons. The Hall–Kier alpha value is -3.78. The molecule has 8 heteroatoms. The smallest absolute Gasteiger partial charge is 0.313 e. The van der Waals surface area contributed by atoms with Crippen LogP contribution in [0.25, 0.3) is 0 Å². The van der Waals surface area contributed by atoms with Crippen LogP contribution in [0.3, 0.4) is 0 Å². The highest BCUT2D eigenvalue weighted by atomic mass is 19.1. The van der Waals surface area contributed by atoms with Gasteiger partial charge in [-0.15, -0.1) is 0 Å². The van der Waals surface area contributed by atoms with Crippen molar-refractivity contribution in [2.45, 2.75) is 19.9 Å². The summed E-state index contributed by atoms with van der Waals surface area (Å²) >= 11 is 0. The molecule has 1 aliphatic heterocycles. The number of nitrogens with one attached hydrogen (secondary N) is 2. The van der Waals surface area contributed by atoms with Gasteiger partial charge in [-0.25, -0.2) is 4.39 Å². The second-order valence-electron chi connectivity index (χ2n) is 8.82. The van der Waals surface area contributed by atoms with Gasteiger partial charge in [-0.3, -0.25) is 19.5 Å². The van der Waals surface area contributed by atoms with Crippen LogP contribution < -0.4 is 15.5 Å². The summed E-state index contributed by atoms with van der Waals surface area (Å²) < 4.78 is 14.2. The van der Waals surface area contributed by atoms with Gasteiger partial charge in [-0.2, -0.15) is 0 Å². The Labute approximate surface area is 205 Å². The maximum atomic E-state index is 14.2. The van der Waals surface area contributed by atoms with Crippen molar-refractivity contribution in [3.8, 4) is 0 Å². The van der Waals surface area contributed by atoms with Gasteiger partial charge in [0.1, 0.15) is 5.82 Å². The van der Waals surface area contributed by atoms with Gasteiger partial charge in [0.05, 0.1) is 11.7 Å². The van der Waals surface area contributed by atoms with Crippen LogP contribution in [0.5, 0.6) is 0 Å². The van der Waals surface area contributed by atoms with Crippen LogP contribution in [0.2, 0.25) is 0 Å². The predicted octanol–water partition coefficient (Wildman–Crippen LogP) is 3.46. The van der Waals surface area contributed by atoms with Gasteiger partial charge >= 0.3 is 11.8 Å². The van der Waals surface area contributed by atoms with Crippen LogP contribution in [0, 0.1) is 19.7 Å². The van der Waals surface area contributed by atoms with E-state index < -0.39 is 11.8 Å². The first-order valence-corrected chi connectivity index (χ1v) is 11.7. The summed E-state index contributed by atoms with van der Waals surface area (Å²) in [5, 5.41) is 5.46. The summed E-state index contributed by atoms with van der Waals surface area (Å²) in [6.07, 6.45) is 3.47. The van der Waals surface area contributed by atoms with Crippen molar-refractivity contribution in [1.29, 1.82) is 0 Å². The monoisotopic (exact) mass is 475 g/mol. The van der Waals surface area contributed by atoms with Crippen molar-refractivity contribution in [3.63, 3.8) is 0 Å². The SMILES string of the molecule is Cc1cc(C)cc(NC(=O)C(=O)NC[C@H](c2cccnc2)N2CCN(c3ccccc3F)CC2)c1. The number of piperazine rings is 1. The first-order chi connectivity index (χ1) is 16.9. The zero-order chi connectivity index (χ0) is 24.8. The number of benzene rings is 2. The van der Waals surface area contributed by atoms with Gasteiger partial charge in [-0.1, -0.05) is 24.3 Å². The van der Waals surface area contributed by atoms with E-state index in [1.54, 1.807) is 24.5 Å². The van der Waals surface area contributed by atoms with Gasteiger partial charge in [0.25, 0.3) is 0 Å². The number of anilines is 2. The molecule has 0 spiro atoms. The number of amides is 2. The summed E-state index contributed by atoms with van der Waals surface area (Å²) in [6, 6.07) is 16.1. The molecule has 35 heavy (non-hydrogen) atoms. The molecule has 2 N–H and O–H groups in total. The minimum atomic E-state index is -0.704. The first kappa shape index (κ1) is 24.3. The largest absolute Gasteiger partial charge is 0.367 e. The summed E-state index contributed by atoms with van der Waals surface area (Å²) in [4.78, 5) is 33.6. The van der Waals surface area contributed by atoms with E-state index >= 15 is 0 Å². The number of carbonyl (C=O) groups excluding carboxylic acids is 2. The van der Waals surface area contributed by atoms with Gasteiger partial charge < -0.3 is 15.5 Å². The summed E-state index contributed by atoms with van der Waals surface area (Å²) in [6.45, 7) is 6.79. The third kappa shape index (κ3) is 6.22. The van der Waals surface area contributed by atoms with E-state index in [2.05, 4.69) is 20.5 Å². The Morgan fingerprint density at radius 3 is 2.34 bits per heavy atom. The number of hydrogen-bond donors (Lipinski definition) is 2. The van der Waals surface area contributed by atoms with Crippen LogP contribution in [0.1, 0.15) is 22.7 Å². The average Bonchev–Trinajstić information content (AvgIpc) is 2.85. The zero-order valence-corrected chi connectivity index (χ0v) is 20.0. The molecule has 0 saturated carbocycles. The minimum absolute atomic E-state index is 0.163. The highest BCUT2D eigenvalue weighted by Crippen LogP contribution is 2.25. The third-order valence-corrected chi connectivity index (χ3v) is 6.16. The lowest BCUT2D eigenvalue weighted by atomic mass is 10.1. The molecule has 3 aromatic rings. The molecular weight excluding hydrogens is 445 g/mol. The van der Waals surface area contributed by atoms with Gasteiger partial charge in [-0.05, 0) is 60.9 Å². The van der Waals surface area contributed by atoms with Gasteiger partial charge in [0, 0.05) is 50.8 Å². The van der Waals surface area contributed by atoms with Crippen LogP contribution >= 0.6 is 0 Å². The Bertz CT molecular complexity index is 1160. The Morgan fingerprint density at radius 1 is 0.971 bits per heavy atom. The lowest BCUT2D eigenvalue weighted by molar-refractivity contribution is -0.136. The molecule has 0 aliphatic carbocycles. The fourth-order valence-corrected chi connectivity index (χ4v) is 4.52. The van der Waals surface area contributed by atoms with Crippen molar-refractivity contribution < 1.29 is 14.0 Å². The fraction of sp³-hybridized carbons (Fsp3) is 0.296. The number of halogens is 1. The van der Waals surface area contributed by atoms with E-state index in [1.807, 2.05) is 55.1 Å². The summed E-state index contributed by atoms with van der Waals surface area (Å²) in [7, 11) is 0. The van der Waals surface area contributed by atoms with Crippen molar-refractivity contribution in [1.82, 2.24) is 15.2 Å². The second-order valence-corrected chi connectivity index (χ2v) is 8.82. The number of pyridine rings is 1. The second kappa shape index (κ2) is 11.1. The first-order valence-electron chi connectivity index (χ1n) is 11.7. The normalized spacial score (nSPS) is 14.9. The Balaban J connectivity index is 1.40. The topological polar surface area (TPSA) is 77.6 Å². The highest BCUT2D eigenvalue weighted by Gasteiger charge is 2.27. The average molecular weight is 476 g/mol. The molecule has 1 fully saturated rings. The molecule has 0 bridgehead atoms. The molecule has 2 amide bonds. The van der Waals surface area contributed by atoms with Crippen LogP contribution in [0.15, 0.2) is 67.0 Å². The molecule has 2 heterocycles. The third-order valence-electron chi connectivity index (χ3n) is 6.16. The maximum Gasteiger partial charge on any atom is 0.313 e. The van der Waals surface area contributed by atoms with E-state index in [0.29, 0.717) is 37.6 Å². The Morgan fingerprint density at radius 2 is 1.69 bits per heavy atom. The number of rotatable bonds is 6. The minimum Gasteiger partial charge on any atom is -0.367 e. The van der Waals surface area contributed by atoms with E-state index in [0.717, 1.165) is 16.7 Å². The van der Waals surface area contributed by atoms with Crippen molar-refractivity contribution >= 4 is 23.2 Å². The van der Waals surface area contributed by atoms with E-state index in [4.69, 9.17) is 0 Å². The Kier molecular flexibility index (Phi) is 7.72. The molecule has 0 radical (unpaired) electrons. The summed E-state index contributed by atoms with van der Waals surface area (Å²) in [5.41, 5.74) is 4.15. The quantitative estimate of drug-likeness (QED) is 0.534. The maximum absolute atomic E-state index is 14.2. The standard InChI is InChI=1S/C27H30FN5O2/c1-19-14-20(2)16-22(15-19)31-27(35)26(34)30-18-25(21-6-5-9-29-17-21)33-12-10-32(11-13-33)24-8-4-3-7-23(24)28/h3-9,14-17,25H,10-13,18H2,1-2H3,(H,30,34)(H,31,35)/t25-/m1/s1. The number of hydrogen-bond acceptors (Lipinski definition) is 5. The highest BCUT2D eigenvalue weighted by molar-refractivity contribution is 6.39. The lowest BCUT2D eigenvalue weighted by Gasteiger charge is -2.40. The lowest BCUT2D eigenvalue weighted by Crippen LogP contribution is -2.50. The molecule has 4 rings (SSSR count). The number of nitrogens with zero attached hydrogens (tertiary/aromatic N) is 3. The molecule has 0 unspecified atom stereocenters. The van der Waals surface area contributed by atoms with Crippen LogP contribution in [0.4, 0.5) is 15.8 Å². The number of carbonyl (C=O) groups is 2. The molecule has 1 saturated heterocycles. The van der Waals surface area contributed by atoms with Crippen LogP contribution in [-0.4, -0.2) is 54.4 Å². The molecule has 2 aromatic carbocycles. The summed E-state index contributed by atoms with van der Waals surface area (Å²) in [5.74, 6) is -1.63. The fourth-order valence-electron chi connectivity index (χ4n) is 4.52. The van der Waals surface area contributed by atoms with Gasteiger partial charge in [0.15, 0.2) is 0 Å². The number of aryl methyl sites for hydroxylation is 2. The van der Waals surface area contributed by atoms with Crippen molar-refractivity contribution in [2.75, 3.05) is 42.9 Å². The number of aromatic nitrogens is 1. The van der Waals surface area contributed by atoms with Gasteiger partial charge in [0.2, 0.25) is 0 Å². The molecule has 1 aliphatic rings. The van der Waals surface area contributed by atoms with Crippen molar-refractivity contribution in [2.24, 2.45) is 0 Å². The predicted molar refractivity (Wildman–Crippen MR) is 135 cm³/mol. The molecule has 1 aromatic heterocycles.